The van der Waals surface area contributed by atoms with Crippen LogP contribution < -0.4 is 5.73 Å². The van der Waals surface area contributed by atoms with E-state index in [4.69, 9.17) is 10.3 Å². The van der Waals surface area contributed by atoms with Crippen molar-refractivity contribution < 1.29 is 12.9 Å². The molecule has 6 heteroatoms. The molecule has 1 heterocycles. The smallest absolute Gasteiger partial charge is 0.191 e. The summed E-state index contributed by atoms with van der Waals surface area (Å²) in [5, 5.41) is 3.53. The van der Waals surface area contributed by atoms with Gasteiger partial charge in [0.1, 0.15) is 5.69 Å². The Bertz CT molecular complexity index is 616. The molecule has 0 bridgehead atoms. The molecule has 0 fully saturated rings. The predicted octanol–water partition coefficient (Wildman–Crippen LogP) is 1.33. The standard InChI is InChI=1S/C10H10N2O3S/c1-16(13,14)9-5-3-2-4-7(9)10-8(11)6-12-15-10/h2-6H,11H2,1H3. The van der Waals surface area contributed by atoms with E-state index in [1.54, 1.807) is 18.2 Å². The molecular formula is C10H10N2O3S. The predicted molar refractivity (Wildman–Crippen MR) is 59.5 cm³/mol. The summed E-state index contributed by atoms with van der Waals surface area (Å²) in [6.45, 7) is 0. The summed E-state index contributed by atoms with van der Waals surface area (Å²) in [6.07, 6.45) is 2.48. The number of benzene rings is 1. The Kier molecular flexibility index (Phi) is 2.43. The van der Waals surface area contributed by atoms with E-state index in [2.05, 4.69) is 5.16 Å². The van der Waals surface area contributed by atoms with Gasteiger partial charge >= 0.3 is 0 Å². The number of hydrogen-bond acceptors (Lipinski definition) is 5. The van der Waals surface area contributed by atoms with Crippen molar-refractivity contribution in [2.24, 2.45) is 0 Å². The Morgan fingerprint density at radius 1 is 1.31 bits per heavy atom. The van der Waals surface area contributed by atoms with Crippen LogP contribution in [-0.2, 0) is 9.84 Å². The molecule has 0 unspecified atom stereocenters. The van der Waals surface area contributed by atoms with Crippen LogP contribution >= 0.6 is 0 Å². The number of nitrogens with zero attached hydrogens (tertiary/aromatic N) is 1. The molecule has 1 aromatic heterocycles. The topological polar surface area (TPSA) is 86.2 Å². The zero-order chi connectivity index (χ0) is 11.8. The second-order valence-corrected chi connectivity index (χ2v) is 5.36. The van der Waals surface area contributed by atoms with Gasteiger partial charge in [-0.15, -0.1) is 0 Å². The van der Waals surface area contributed by atoms with E-state index in [1.165, 1.54) is 12.3 Å². The van der Waals surface area contributed by atoms with Crippen molar-refractivity contribution >= 4 is 15.5 Å². The van der Waals surface area contributed by atoms with E-state index in [-0.39, 0.29) is 10.7 Å². The van der Waals surface area contributed by atoms with Crippen LogP contribution in [0.4, 0.5) is 5.69 Å². The molecule has 2 rings (SSSR count). The van der Waals surface area contributed by atoms with E-state index >= 15 is 0 Å². The average Bonchev–Trinajstić information content (AvgIpc) is 2.63. The Hall–Kier alpha value is -1.82. The summed E-state index contributed by atoms with van der Waals surface area (Å²) in [4.78, 5) is 0.179. The lowest BCUT2D eigenvalue weighted by Crippen LogP contribution is -2.00. The van der Waals surface area contributed by atoms with Gasteiger partial charge in [-0.2, -0.15) is 0 Å². The number of nitrogens with two attached hydrogens (primary N) is 1. The summed E-state index contributed by atoms with van der Waals surface area (Å²) < 4.78 is 28.1. The fourth-order valence-electron chi connectivity index (χ4n) is 1.43. The lowest BCUT2D eigenvalue weighted by molar-refractivity contribution is 0.431. The normalized spacial score (nSPS) is 11.6. The summed E-state index contributed by atoms with van der Waals surface area (Å²) >= 11 is 0. The van der Waals surface area contributed by atoms with E-state index in [0.29, 0.717) is 11.3 Å². The maximum atomic E-state index is 11.6. The molecule has 5 nitrogen and oxygen atoms in total. The van der Waals surface area contributed by atoms with Gasteiger partial charge in [0.2, 0.25) is 0 Å². The van der Waals surface area contributed by atoms with Crippen molar-refractivity contribution in [1.29, 1.82) is 0 Å². The van der Waals surface area contributed by atoms with Gasteiger partial charge in [0, 0.05) is 11.8 Å². The van der Waals surface area contributed by atoms with Crippen molar-refractivity contribution in [1.82, 2.24) is 5.16 Å². The van der Waals surface area contributed by atoms with Crippen LogP contribution in [0.3, 0.4) is 0 Å². The zero-order valence-electron chi connectivity index (χ0n) is 8.54. The molecule has 0 radical (unpaired) electrons. The minimum absolute atomic E-state index is 0.179. The maximum absolute atomic E-state index is 11.6. The number of sulfone groups is 1. The second kappa shape index (κ2) is 3.64. The first kappa shape index (κ1) is 10.7. The number of aromatic nitrogens is 1. The maximum Gasteiger partial charge on any atom is 0.191 e. The second-order valence-electron chi connectivity index (χ2n) is 3.38. The highest BCUT2D eigenvalue weighted by Crippen LogP contribution is 2.30. The third-order valence-corrected chi connectivity index (χ3v) is 3.28. The fraction of sp³-hybridized carbons (Fsp3) is 0.100. The van der Waals surface area contributed by atoms with Crippen LogP contribution in [0.5, 0.6) is 0 Å². The summed E-state index contributed by atoms with van der Waals surface area (Å²) in [5.41, 5.74) is 6.38. The Morgan fingerprint density at radius 2 is 2.00 bits per heavy atom. The lowest BCUT2D eigenvalue weighted by atomic mass is 10.1. The summed E-state index contributed by atoms with van der Waals surface area (Å²) in [6, 6.07) is 6.50. The monoisotopic (exact) mass is 238 g/mol. The Morgan fingerprint density at radius 3 is 2.56 bits per heavy atom. The molecule has 0 saturated carbocycles. The van der Waals surface area contributed by atoms with Crippen molar-refractivity contribution in [3.8, 4) is 11.3 Å². The van der Waals surface area contributed by atoms with E-state index < -0.39 is 9.84 Å². The SMILES string of the molecule is CS(=O)(=O)c1ccccc1-c1oncc1N. The Labute approximate surface area is 92.8 Å². The van der Waals surface area contributed by atoms with E-state index in [1.807, 2.05) is 0 Å². The van der Waals surface area contributed by atoms with Gasteiger partial charge in [-0.1, -0.05) is 17.3 Å². The first-order chi connectivity index (χ1) is 7.50. The van der Waals surface area contributed by atoms with Gasteiger partial charge in [-0.05, 0) is 12.1 Å². The van der Waals surface area contributed by atoms with Gasteiger partial charge in [-0.25, -0.2) is 8.42 Å². The zero-order valence-corrected chi connectivity index (χ0v) is 9.36. The van der Waals surface area contributed by atoms with Crippen molar-refractivity contribution in [2.75, 3.05) is 12.0 Å². The molecule has 2 aromatic rings. The largest absolute Gasteiger partial charge is 0.394 e. The third kappa shape index (κ3) is 1.79. The molecule has 0 atom stereocenters. The molecule has 0 spiro atoms. The fourth-order valence-corrected chi connectivity index (χ4v) is 2.32. The van der Waals surface area contributed by atoms with Crippen LogP contribution in [0.1, 0.15) is 0 Å². The first-order valence-corrected chi connectivity index (χ1v) is 6.39. The molecule has 0 saturated heterocycles. The van der Waals surface area contributed by atoms with Crippen LogP contribution in [0.25, 0.3) is 11.3 Å². The molecule has 84 valence electrons. The summed E-state index contributed by atoms with van der Waals surface area (Å²) in [7, 11) is -3.32. The van der Waals surface area contributed by atoms with E-state index in [0.717, 1.165) is 6.26 Å². The average molecular weight is 238 g/mol. The molecule has 2 N–H and O–H groups in total. The highest BCUT2D eigenvalue weighted by atomic mass is 32.2. The van der Waals surface area contributed by atoms with Gasteiger partial charge < -0.3 is 10.3 Å². The molecule has 1 aromatic carbocycles. The van der Waals surface area contributed by atoms with Crippen molar-refractivity contribution in [3.63, 3.8) is 0 Å². The van der Waals surface area contributed by atoms with Crippen molar-refractivity contribution in [2.45, 2.75) is 4.90 Å². The molecular weight excluding hydrogens is 228 g/mol. The molecule has 0 amide bonds. The third-order valence-electron chi connectivity index (χ3n) is 2.13. The molecule has 0 aliphatic rings. The van der Waals surface area contributed by atoms with Gasteiger partial charge in [-0.3, -0.25) is 0 Å². The number of rotatable bonds is 2. The quantitative estimate of drug-likeness (QED) is 0.852. The van der Waals surface area contributed by atoms with Crippen LogP contribution in [0.15, 0.2) is 39.9 Å². The van der Waals surface area contributed by atoms with E-state index in [9.17, 15) is 8.42 Å². The number of hydrogen-bond donors (Lipinski definition) is 1. The van der Waals surface area contributed by atoms with Gasteiger partial charge in [0.25, 0.3) is 0 Å². The van der Waals surface area contributed by atoms with Crippen LogP contribution in [0, 0.1) is 0 Å². The van der Waals surface area contributed by atoms with Gasteiger partial charge in [0.15, 0.2) is 15.6 Å². The van der Waals surface area contributed by atoms with Crippen LogP contribution in [-0.4, -0.2) is 19.8 Å². The molecule has 16 heavy (non-hydrogen) atoms. The minimum atomic E-state index is -3.32. The van der Waals surface area contributed by atoms with Crippen LogP contribution in [0.2, 0.25) is 0 Å². The number of anilines is 1. The summed E-state index contributed by atoms with van der Waals surface area (Å²) in [5.74, 6) is 0.279. The highest BCUT2D eigenvalue weighted by Gasteiger charge is 2.18. The highest BCUT2D eigenvalue weighted by molar-refractivity contribution is 7.90. The van der Waals surface area contributed by atoms with Crippen molar-refractivity contribution in [3.05, 3.63) is 30.5 Å². The number of nitrogen functional groups attached to an aromatic ring is 1. The Balaban J connectivity index is 2.72. The minimum Gasteiger partial charge on any atom is -0.394 e. The molecule has 0 aliphatic carbocycles. The molecule has 0 aliphatic heterocycles. The first-order valence-electron chi connectivity index (χ1n) is 4.50. The van der Waals surface area contributed by atoms with Gasteiger partial charge in [0.05, 0.1) is 11.1 Å². The lowest BCUT2D eigenvalue weighted by Gasteiger charge is -2.04.